The predicted octanol–water partition coefficient (Wildman–Crippen LogP) is 16.2. The average molecular weight is 879 g/mol. The van der Waals surface area contributed by atoms with Gasteiger partial charge in [-0.1, -0.05) is 202 Å². The van der Waals surface area contributed by atoms with Crippen molar-refractivity contribution in [3.8, 4) is 23.0 Å². The smallest absolute Gasteiger partial charge is 0.123 e. The molecule has 5 heteroatoms. The summed E-state index contributed by atoms with van der Waals surface area (Å²) in [5.74, 6) is 1.38. The van der Waals surface area contributed by atoms with E-state index in [-0.39, 0.29) is 32.5 Å². The highest BCUT2D eigenvalue weighted by Gasteiger charge is 2.36. The molecule has 0 bridgehead atoms. The fraction of sp³-hybridized carbons (Fsp3) is 0.586. The monoisotopic (exact) mass is 879 g/mol. The van der Waals surface area contributed by atoms with E-state index in [1.807, 2.05) is 0 Å². The number of benzene rings is 4. The molecule has 0 atom stereocenters. The van der Waals surface area contributed by atoms with E-state index in [4.69, 9.17) is 0 Å². The molecule has 0 saturated heterocycles. The summed E-state index contributed by atoms with van der Waals surface area (Å²) in [5.41, 5.74) is 8.82. The summed E-state index contributed by atoms with van der Waals surface area (Å²) in [5, 5.41) is 48.6. The number of rotatable bonds is 6. The van der Waals surface area contributed by atoms with E-state index in [2.05, 4.69) is 203 Å². The molecule has 63 heavy (non-hydrogen) atoms. The van der Waals surface area contributed by atoms with Crippen molar-refractivity contribution in [1.29, 1.82) is 0 Å². The summed E-state index contributed by atoms with van der Waals surface area (Å²) in [7, 11) is 0. The van der Waals surface area contributed by atoms with Crippen LogP contribution in [-0.2, 0) is 56.2 Å². The van der Waals surface area contributed by atoms with Gasteiger partial charge >= 0.3 is 0 Å². The Kier molecular flexibility index (Phi) is 13.8. The second-order valence-corrected chi connectivity index (χ2v) is 27.9. The van der Waals surface area contributed by atoms with Gasteiger partial charge in [-0.3, -0.25) is 0 Å². The molecule has 0 aliphatic rings. The van der Waals surface area contributed by atoms with E-state index in [1.165, 1.54) is 0 Å². The van der Waals surface area contributed by atoms with Gasteiger partial charge in [0.25, 0.3) is 0 Å². The molecule has 4 rings (SSSR count). The summed E-state index contributed by atoms with van der Waals surface area (Å²) in [6.07, 6.45) is 1.10. The van der Waals surface area contributed by atoms with Gasteiger partial charge in [-0.15, -0.1) is 0 Å². The zero-order valence-electron chi connectivity index (χ0n) is 44.1. The minimum atomic E-state index is -0.420. The Balaban J connectivity index is 2.26. The van der Waals surface area contributed by atoms with E-state index in [1.54, 1.807) is 11.8 Å². The molecule has 4 aromatic carbocycles. The van der Waals surface area contributed by atoms with E-state index in [0.29, 0.717) is 35.8 Å². The molecule has 0 aliphatic carbocycles. The molecular formula is C58H86O4S. The maximum atomic E-state index is 12.5. The highest BCUT2D eigenvalue weighted by atomic mass is 32.2. The van der Waals surface area contributed by atoms with Crippen molar-refractivity contribution in [3.05, 3.63) is 103 Å². The standard InChI is InChI=1S/C58H86O4S/c1-51(2,3)37-27-33(28-38(47(37)59)52(4,5)6)25-35-43(31-41(55(13,14)15)49(61)45(35)57(19,20)21)63-44-32-42(56(16,17)18)50(62)46(58(22,23)24)36(44)26-34-29-39(53(7,8)9)48(60)40(30-34)54(10,11)12/h27-32,59-62H,25-26H2,1-24H3. The SMILES string of the molecule is CC(C)(C)c1cc(Cc2c(Sc3cc(C(C)(C)C)c(O)c(C(C)(C)C)c3Cc3cc(C(C)(C)C)c(O)c(C(C)(C)C)c3)cc(C(C)(C)C)c(O)c2C(C)(C)C)cc(C(C)(C)C)c1O. The van der Waals surface area contributed by atoms with E-state index in [9.17, 15) is 20.4 Å². The first kappa shape index (κ1) is 52.1. The Hall–Kier alpha value is -3.57. The van der Waals surface area contributed by atoms with E-state index in [0.717, 1.165) is 76.6 Å². The predicted molar refractivity (Wildman–Crippen MR) is 272 cm³/mol. The van der Waals surface area contributed by atoms with Crippen LogP contribution in [0.2, 0.25) is 0 Å². The van der Waals surface area contributed by atoms with Gasteiger partial charge in [-0.05, 0) is 113 Å². The second-order valence-electron chi connectivity index (χ2n) is 26.8. The molecule has 0 aromatic heterocycles. The third-order valence-electron chi connectivity index (χ3n) is 12.4. The first-order valence-electron chi connectivity index (χ1n) is 23.2. The second kappa shape index (κ2) is 16.7. The number of hydrogen-bond donors (Lipinski definition) is 4. The van der Waals surface area contributed by atoms with Crippen LogP contribution in [0.5, 0.6) is 23.0 Å². The molecule has 0 aliphatic heterocycles. The van der Waals surface area contributed by atoms with Crippen LogP contribution >= 0.6 is 11.8 Å². The fourth-order valence-corrected chi connectivity index (χ4v) is 10.3. The van der Waals surface area contributed by atoms with Crippen molar-refractivity contribution in [2.45, 2.75) is 232 Å². The summed E-state index contributed by atoms with van der Waals surface area (Å²) in [6.45, 7) is 52.0. The van der Waals surface area contributed by atoms with Crippen molar-refractivity contribution in [2.75, 3.05) is 0 Å². The lowest BCUT2D eigenvalue weighted by Crippen LogP contribution is -2.22. The van der Waals surface area contributed by atoms with Crippen molar-refractivity contribution in [1.82, 2.24) is 0 Å². The molecule has 4 N–H and O–H groups in total. The average Bonchev–Trinajstić information content (AvgIpc) is 3.03. The lowest BCUT2D eigenvalue weighted by molar-refractivity contribution is 0.418. The Morgan fingerprint density at radius 1 is 0.302 bits per heavy atom. The van der Waals surface area contributed by atoms with Crippen molar-refractivity contribution in [3.63, 3.8) is 0 Å². The minimum absolute atomic E-state index is 0.301. The summed E-state index contributed by atoms with van der Waals surface area (Å²) in [4.78, 5) is 2.13. The van der Waals surface area contributed by atoms with Crippen LogP contribution in [0, 0.1) is 0 Å². The topological polar surface area (TPSA) is 80.9 Å². The quantitative estimate of drug-likeness (QED) is 0.155. The first-order chi connectivity index (χ1) is 28.0. The van der Waals surface area contributed by atoms with E-state index >= 15 is 0 Å². The highest BCUT2D eigenvalue weighted by molar-refractivity contribution is 7.99. The van der Waals surface area contributed by atoms with Crippen LogP contribution in [0.3, 0.4) is 0 Å². The van der Waals surface area contributed by atoms with Crippen LogP contribution in [0.15, 0.2) is 46.2 Å². The molecular weight excluding hydrogens is 793 g/mol. The Morgan fingerprint density at radius 2 is 0.508 bits per heavy atom. The Morgan fingerprint density at radius 3 is 0.698 bits per heavy atom. The van der Waals surface area contributed by atoms with Gasteiger partial charge in [0, 0.05) is 32.0 Å². The fourth-order valence-electron chi connectivity index (χ4n) is 9.07. The molecule has 0 amide bonds. The van der Waals surface area contributed by atoms with Crippen molar-refractivity contribution < 1.29 is 20.4 Å². The van der Waals surface area contributed by atoms with Gasteiger partial charge < -0.3 is 20.4 Å². The Labute approximate surface area is 388 Å². The Bertz CT molecular complexity index is 2120. The number of hydrogen-bond acceptors (Lipinski definition) is 5. The lowest BCUT2D eigenvalue weighted by atomic mass is 9.75. The molecule has 4 nitrogen and oxygen atoms in total. The highest BCUT2D eigenvalue weighted by Crippen LogP contribution is 2.52. The van der Waals surface area contributed by atoms with Gasteiger partial charge in [-0.2, -0.15) is 0 Å². The largest absolute Gasteiger partial charge is 0.507 e. The van der Waals surface area contributed by atoms with Crippen LogP contribution in [0.1, 0.15) is 233 Å². The summed E-state index contributed by atoms with van der Waals surface area (Å²) >= 11 is 1.74. The minimum Gasteiger partial charge on any atom is -0.507 e. The molecule has 0 heterocycles. The van der Waals surface area contributed by atoms with Gasteiger partial charge in [-0.25, -0.2) is 0 Å². The third-order valence-corrected chi connectivity index (χ3v) is 13.6. The molecule has 348 valence electrons. The van der Waals surface area contributed by atoms with Crippen LogP contribution < -0.4 is 0 Å². The van der Waals surface area contributed by atoms with Gasteiger partial charge in [0.15, 0.2) is 0 Å². The molecule has 0 spiro atoms. The van der Waals surface area contributed by atoms with Crippen molar-refractivity contribution in [2.24, 2.45) is 0 Å². The number of aromatic hydroxyl groups is 4. The molecule has 0 radical (unpaired) electrons. The van der Waals surface area contributed by atoms with Crippen LogP contribution in [-0.4, -0.2) is 20.4 Å². The zero-order chi connectivity index (χ0) is 48.8. The molecule has 4 aromatic rings. The number of phenols is 4. The number of phenolic OH excluding ortho intramolecular Hbond substituents is 4. The summed E-state index contributed by atoms with van der Waals surface area (Å²) in [6, 6.07) is 13.1. The van der Waals surface area contributed by atoms with Crippen molar-refractivity contribution >= 4 is 11.8 Å². The normalized spacial score (nSPS) is 13.8. The first-order valence-corrected chi connectivity index (χ1v) is 24.0. The third kappa shape index (κ3) is 11.3. The molecule has 0 fully saturated rings. The van der Waals surface area contributed by atoms with E-state index < -0.39 is 10.8 Å². The molecule has 0 unspecified atom stereocenters. The maximum absolute atomic E-state index is 12.5. The van der Waals surface area contributed by atoms with Crippen LogP contribution in [0.25, 0.3) is 0 Å². The summed E-state index contributed by atoms with van der Waals surface area (Å²) < 4.78 is 0. The zero-order valence-corrected chi connectivity index (χ0v) is 44.9. The maximum Gasteiger partial charge on any atom is 0.123 e. The van der Waals surface area contributed by atoms with Gasteiger partial charge in [0.05, 0.1) is 0 Å². The lowest BCUT2D eigenvalue weighted by Gasteiger charge is -2.34. The van der Waals surface area contributed by atoms with Gasteiger partial charge in [0.2, 0.25) is 0 Å². The van der Waals surface area contributed by atoms with Crippen LogP contribution in [0.4, 0.5) is 0 Å². The molecule has 0 saturated carbocycles. The van der Waals surface area contributed by atoms with Gasteiger partial charge in [0.1, 0.15) is 23.0 Å².